The maximum Gasteiger partial charge on any atom is 0.280 e. The highest BCUT2D eigenvalue weighted by molar-refractivity contribution is 8.13. The first kappa shape index (κ1) is 14.0. The molecule has 0 aliphatic rings. The minimum atomic E-state index is -3.94. The Bertz CT molecular complexity index is 728. The Labute approximate surface area is 113 Å². The predicted molar refractivity (Wildman–Crippen MR) is 65.5 cm³/mol. The largest absolute Gasteiger partial charge is 0.329 e. The lowest BCUT2D eigenvalue weighted by Gasteiger charge is -2.06. The maximum atomic E-state index is 13.5. The van der Waals surface area contributed by atoms with Crippen LogP contribution in [0.4, 0.5) is 8.78 Å². The molecule has 0 bridgehead atoms. The third-order valence-corrected chi connectivity index (χ3v) is 3.72. The molecule has 0 N–H and O–H groups in total. The quantitative estimate of drug-likeness (QED) is 0.819. The van der Waals surface area contributed by atoms with Gasteiger partial charge in [-0.05, 0) is 25.1 Å². The van der Waals surface area contributed by atoms with Gasteiger partial charge in [-0.15, -0.1) is 0 Å². The van der Waals surface area contributed by atoms with E-state index < -0.39 is 20.7 Å². The molecule has 0 aliphatic heterocycles. The van der Waals surface area contributed by atoms with Crippen LogP contribution in [-0.4, -0.2) is 18.0 Å². The van der Waals surface area contributed by atoms with E-state index in [4.69, 9.17) is 10.7 Å². The van der Waals surface area contributed by atoms with E-state index in [1.54, 1.807) is 6.92 Å². The Kier molecular flexibility index (Phi) is 3.60. The van der Waals surface area contributed by atoms with Crippen molar-refractivity contribution in [1.29, 1.82) is 0 Å². The molecule has 19 heavy (non-hydrogen) atoms. The SMILES string of the molecule is Cc1nc(S(=O)(=O)Cl)cn1Cc1cc(F)ccc1F. The van der Waals surface area contributed by atoms with Gasteiger partial charge in [-0.1, -0.05) is 0 Å². The number of rotatable bonds is 3. The van der Waals surface area contributed by atoms with Gasteiger partial charge in [0.1, 0.15) is 17.5 Å². The van der Waals surface area contributed by atoms with E-state index in [-0.39, 0.29) is 17.1 Å². The van der Waals surface area contributed by atoms with Gasteiger partial charge < -0.3 is 4.57 Å². The van der Waals surface area contributed by atoms with Gasteiger partial charge in [-0.25, -0.2) is 22.2 Å². The van der Waals surface area contributed by atoms with Crippen molar-refractivity contribution < 1.29 is 17.2 Å². The Balaban J connectivity index is 2.39. The van der Waals surface area contributed by atoms with E-state index in [0.29, 0.717) is 5.82 Å². The lowest BCUT2D eigenvalue weighted by Crippen LogP contribution is -2.03. The summed E-state index contributed by atoms with van der Waals surface area (Å²) in [5, 5.41) is -0.316. The molecule has 0 unspecified atom stereocenters. The molecular formula is C11H9ClF2N2O2S. The zero-order valence-electron chi connectivity index (χ0n) is 9.77. The highest BCUT2D eigenvalue weighted by atomic mass is 35.7. The zero-order chi connectivity index (χ0) is 14.2. The van der Waals surface area contributed by atoms with Gasteiger partial charge in [0.25, 0.3) is 9.05 Å². The lowest BCUT2D eigenvalue weighted by molar-refractivity contribution is 0.575. The fourth-order valence-electron chi connectivity index (χ4n) is 1.60. The van der Waals surface area contributed by atoms with Crippen LogP contribution in [-0.2, 0) is 15.6 Å². The highest BCUT2D eigenvalue weighted by Crippen LogP contribution is 2.17. The molecule has 0 spiro atoms. The van der Waals surface area contributed by atoms with Crippen LogP contribution in [0.25, 0.3) is 0 Å². The van der Waals surface area contributed by atoms with Gasteiger partial charge in [0.15, 0.2) is 5.03 Å². The molecule has 0 aliphatic carbocycles. The van der Waals surface area contributed by atoms with E-state index in [9.17, 15) is 17.2 Å². The smallest absolute Gasteiger partial charge is 0.280 e. The molecule has 102 valence electrons. The van der Waals surface area contributed by atoms with Gasteiger partial charge in [0.05, 0.1) is 6.54 Å². The second-order valence-corrected chi connectivity index (χ2v) is 6.44. The summed E-state index contributed by atoms with van der Waals surface area (Å²) in [7, 11) is 1.22. The summed E-state index contributed by atoms with van der Waals surface area (Å²) >= 11 is 0. The van der Waals surface area contributed by atoms with Crippen molar-refractivity contribution in [2.75, 3.05) is 0 Å². The first-order valence-corrected chi connectivity index (χ1v) is 7.50. The van der Waals surface area contributed by atoms with Gasteiger partial charge >= 0.3 is 0 Å². The van der Waals surface area contributed by atoms with E-state index >= 15 is 0 Å². The van der Waals surface area contributed by atoms with Crippen LogP contribution in [0.5, 0.6) is 0 Å². The van der Waals surface area contributed by atoms with Crippen molar-refractivity contribution in [1.82, 2.24) is 9.55 Å². The number of hydrogen-bond acceptors (Lipinski definition) is 3. The monoisotopic (exact) mass is 306 g/mol. The van der Waals surface area contributed by atoms with E-state index in [1.807, 2.05) is 0 Å². The van der Waals surface area contributed by atoms with Crippen LogP contribution < -0.4 is 0 Å². The summed E-state index contributed by atoms with van der Waals surface area (Å²) in [5.41, 5.74) is 0.0963. The molecule has 0 radical (unpaired) electrons. The molecule has 0 saturated heterocycles. The number of imidazole rings is 1. The van der Waals surface area contributed by atoms with Crippen LogP contribution >= 0.6 is 10.7 Å². The second-order valence-electron chi connectivity index (χ2n) is 3.93. The third-order valence-electron chi connectivity index (χ3n) is 2.55. The minimum Gasteiger partial charge on any atom is -0.329 e. The molecule has 1 aromatic carbocycles. The number of aromatic nitrogens is 2. The van der Waals surface area contributed by atoms with Gasteiger partial charge in [-0.3, -0.25) is 0 Å². The van der Waals surface area contributed by atoms with E-state index in [2.05, 4.69) is 4.98 Å². The number of halogens is 3. The Morgan fingerprint density at radius 1 is 1.37 bits per heavy atom. The summed E-state index contributed by atoms with van der Waals surface area (Å²) in [6, 6.07) is 3.06. The molecule has 0 fully saturated rings. The fourth-order valence-corrected chi connectivity index (χ4v) is 2.32. The molecule has 4 nitrogen and oxygen atoms in total. The standard InChI is InChI=1S/C11H9ClF2N2O2S/c1-7-15-11(19(12,17)18)6-16(7)5-8-4-9(13)2-3-10(8)14/h2-4,6H,5H2,1H3. The van der Waals surface area contributed by atoms with Crippen molar-refractivity contribution in [3.05, 3.63) is 47.4 Å². The average molecular weight is 307 g/mol. The van der Waals surface area contributed by atoms with Crippen LogP contribution in [0, 0.1) is 18.6 Å². The first-order valence-electron chi connectivity index (χ1n) is 5.20. The van der Waals surface area contributed by atoms with Gasteiger partial charge in [-0.2, -0.15) is 0 Å². The number of aryl methyl sites for hydroxylation is 1. The normalized spacial score (nSPS) is 11.8. The zero-order valence-corrected chi connectivity index (χ0v) is 11.3. The summed E-state index contributed by atoms with van der Waals surface area (Å²) in [5.74, 6) is -0.813. The molecular weight excluding hydrogens is 298 g/mol. The highest BCUT2D eigenvalue weighted by Gasteiger charge is 2.16. The summed E-state index contributed by atoms with van der Waals surface area (Å²) in [6.45, 7) is 1.51. The van der Waals surface area contributed by atoms with Gasteiger partial charge in [0.2, 0.25) is 0 Å². The molecule has 8 heteroatoms. The molecule has 2 rings (SSSR count). The third kappa shape index (κ3) is 3.10. The molecule has 2 aromatic rings. The summed E-state index contributed by atoms with van der Waals surface area (Å²) in [6.07, 6.45) is 1.18. The Hall–Kier alpha value is -1.47. The Morgan fingerprint density at radius 2 is 2.05 bits per heavy atom. The first-order chi connectivity index (χ1) is 8.77. The maximum absolute atomic E-state index is 13.5. The fraction of sp³-hybridized carbons (Fsp3) is 0.182. The van der Waals surface area contributed by atoms with Crippen LogP contribution in [0.1, 0.15) is 11.4 Å². The number of benzene rings is 1. The molecule has 0 saturated carbocycles. The molecule has 1 aromatic heterocycles. The molecule has 0 atom stereocenters. The van der Waals surface area contributed by atoms with E-state index in [1.165, 1.54) is 10.8 Å². The van der Waals surface area contributed by atoms with E-state index in [0.717, 1.165) is 18.2 Å². The van der Waals surface area contributed by atoms with Gasteiger partial charge in [0, 0.05) is 22.4 Å². The number of nitrogens with zero attached hydrogens (tertiary/aromatic N) is 2. The van der Waals surface area contributed by atoms with Crippen molar-refractivity contribution >= 4 is 19.7 Å². The predicted octanol–water partition coefficient (Wildman–Crippen LogP) is 2.45. The van der Waals surface area contributed by atoms with Crippen LogP contribution in [0.3, 0.4) is 0 Å². The minimum absolute atomic E-state index is 0.0329. The van der Waals surface area contributed by atoms with Crippen molar-refractivity contribution in [3.63, 3.8) is 0 Å². The van der Waals surface area contributed by atoms with Crippen LogP contribution in [0.15, 0.2) is 29.4 Å². The van der Waals surface area contributed by atoms with Crippen LogP contribution in [0.2, 0.25) is 0 Å². The van der Waals surface area contributed by atoms with Crippen molar-refractivity contribution in [2.24, 2.45) is 0 Å². The average Bonchev–Trinajstić information content (AvgIpc) is 2.65. The molecule has 0 amide bonds. The summed E-state index contributed by atoms with van der Waals surface area (Å²) < 4.78 is 50.2. The Morgan fingerprint density at radius 3 is 2.63 bits per heavy atom. The second kappa shape index (κ2) is 4.90. The van der Waals surface area contributed by atoms with Crippen molar-refractivity contribution in [2.45, 2.75) is 18.5 Å². The topological polar surface area (TPSA) is 52.0 Å². The lowest BCUT2D eigenvalue weighted by atomic mass is 10.2. The molecule has 1 heterocycles. The summed E-state index contributed by atoms with van der Waals surface area (Å²) in [4.78, 5) is 3.76. The number of hydrogen-bond donors (Lipinski definition) is 0. The van der Waals surface area contributed by atoms with Crippen molar-refractivity contribution in [3.8, 4) is 0 Å².